The highest BCUT2D eigenvalue weighted by molar-refractivity contribution is 5.86. The number of nitrogen functional groups attached to an aromatic ring is 1. The molecule has 1 aromatic carbocycles. The molecule has 0 aliphatic heterocycles. The molecule has 18 heavy (non-hydrogen) atoms. The van der Waals surface area contributed by atoms with E-state index in [-0.39, 0.29) is 17.3 Å². The number of aromatic amines is 1. The summed E-state index contributed by atoms with van der Waals surface area (Å²) >= 11 is 0. The lowest BCUT2D eigenvalue weighted by Crippen LogP contribution is -1.93. The van der Waals surface area contributed by atoms with Gasteiger partial charge in [-0.15, -0.1) is 0 Å². The van der Waals surface area contributed by atoms with Gasteiger partial charge in [0.25, 0.3) is 0 Å². The summed E-state index contributed by atoms with van der Waals surface area (Å²) in [6.45, 7) is 0. The molecule has 90 valence electrons. The Bertz CT molecular complexity index is 744. The highest BCUT2D eigenvalue weighted by Crippen LogP contribution is 2.34. The van der Waals surface area contributed by atoms with Gasteiger partial charge in [-0.3, -0.25) is 10.1 Å². The summed E-state index contributed by atoms with van der Waals surface area (Å²) in [5.74, 6) is -0.288. The quantitative estimate of drug-likeness (QED) is 0.530. The van der Waals surface area contributed by atoms with E-state index in [0.29, 0.717) is 5.56 Å². The molecule has 0 unspecified atom stereocenters. The molecule has 0 bridgehead atoms. The minimum Gasteiger partial charge on any atom is -0.362 e. The Labute approximate surface area is 100 Å². The van der Waals surface area contributed by atoms with Gasteiger partial charge >= 0.3 is 11.6 Å². The number of nitrogens with one attached hydrogen (secondary N) is 1. The molecule has 0 radical (unpaired) electrons. The number of fused-ring (bicyclic) bond motifs is 1. The van der Waals surface area contributed by atoms with Crippen molar-refractivity contribution in [3.8, 4) is 11.3 Å². The number of H-pyrrole nitrogens is 1. The monoisotopic (exact) mass is 244 g/mol. The molecule has 2 heterocycles. The Balaban J connectivity index is 2.22. The fourth-order valence-electron chi connectivity index (χ4n) is 1.86. The fraction of sp³-hybridized carbons (Fsp3) is 0. The van der Waals surface area contributed by atoms with E-state index in [4.69, 9.17) is 5.73 Å². The average molecular weight is 244 g/mol. The summed E-state index contributed by atoms with van der Waals surface area (Å²) in [7, 11) is 0. The Hall–Kier alpha value is -2.83. The molecule has 7 heteroatoms. The summed E-state index contributed by atoms with van der Waals surface area (Å²) in [5, 5.41) is 15.5. The first-order chi connectivity index (χ1) is 8.66. The van der Waals surface area contributed by atoms with Crippen molar-refractivity contribution in [1.82, 2.24) is 10.1 Å². The van der Waals surface area contributed by atoms with Crippen LogP contribution in [-0.2, 0) is 0 Å². The minimum atomic E-state index is -0.595. The van der Waals surface area contributed by atoms with Crippen LogP contribution < -0.4 is 5.73 Å². The van der Waals surface area contributed by atoms with Crippen LogP contribution in [0.2, 0.25) is 0 Å². The lowest BCUT2D eigenvalue weighted by molar-refractivity contribution is -0.383. The number of benzene rings is 1. The van der Waals surface area contributed by atoms with Gasteiger partial charge in [-0.2, -0.15) is 0 Å². The first-order valence-electron chi connectivity index (χ1n) is 5.14. The van der Waals surface area contributed by atoms with E-state index in [1.807, 2.05) is 12.1 Å². The maximum Gasteiger partial charge on any atom is 0.360 e. The van der Waals surface area contributed by atoms with Gasteiger partial charge in [0, 0.05) is 22.7 Å². The first kappa shape index (κ1) is 10.3. The van der Waals surface area contributed by atoms with Crippen molar-refractivity contribution in [1.29, 1.82) is 0 Å². The minimum absolute atomic E-state index is 0.139. The molecule has 0 saturated carbocycles. The normalized spacial score (nSPS) is 10.9. The van der Waals surface area contributed by atoms with Crippen LogP contribution in [0.5, 0.6) is 0 Å². The van der Waals surface area contributed by atoms with Crippen molar-refractivity contribution in [2.75, 3.05) is 5.73 Å². The van der Waals surface area contributed by atoms with Crippen LogP contribution in [-0.4, -0.2) is 15.1 Å². The molecule has 3 aromatic rings. The maximum absolute atomic E-state index is 10.9. The molecule has 2 aromatic heterocycles. The number of anilines is 1. The van der Waals surface area contributed by atoms with Crippen molar-refractivity contribution >= 4 is 22.5 Å². The topological polar surface area (TPSA) is 111 Å². The van der Waals surface area contributed by atoms with Gasteiger partial charge in [0.15, 0.2) is 5.69 Å². The summed E-state index contributed by atoms with van der Waals surface area (Å²) in [6.07, 6.45) is 1.79. The Morgan fingerprint density at radius 1 is 1.39 bits per heavy atom. The van der Waals surface area contributed by atoms with E-state index in [1.165, 1.54) is 0 Å². The second-order valence-electron chi connectivity index (χ2n) is 3.78. The lowest BCUT2D eigenvalue weighted by Gasteiger charge is -1.96. The third kappa shape index (κ3) is 1.41. The number of hydrogen-bond donors (Lipinski definition) is 2. The van der Waals surface area contributed by atoms with Crippen molar-refractivity contribution < 1.29 is 9.45 Å². The lowest BCUT2D eigenvalue weighted by atomic mass is 10.1. The van der Waals surface area contributed by atoms with Crippen molar-refractivity contribution in [3.05, 3.63) is 40.6 Å². The molecule has 0 spiro atoms. The highest BCUT2D eigenvalue weighted by atomic mass is 16.6. The number of nitrogens with zero attached hydrogens (tertiary/aromatic N) is 2. The molecule has 0 saturated heterocycles. The average Bonchev–Trinajstić information content (AvgIpc) is 2.93. The smallest absolute Gasteiger partial charge is 0.360 e. The molecular weight excluding hydrogens is 236 g/mol. The summed E-state index contributed by atoms with van der Waals surface area (Å²) in [4.78, 5) is 13.4. The predicted octanol–water partition coefficient (Wildman–Crippen LogP) is 2.31. The van der Waals surface area contributed by atoms with Gasteiger partial charge in [0.2, 0.25) is 0 Å². The zero-order valence-corrected chi connectivity index (χ0v) is 9.08. The molecule has 3 rings (SSSR count). The Kier molecular flexibility index (Phi) is 2.06. The van der Waals surface area contributed by atoms with Gasteiger partial charge in [-0.1, -0.05) is 11.2 Å². The van der Waals surface area contributed by atoms with E-state index < -0.39 is 4.92 Å². The zero-order chi connectivity index (χ0) is 12.7. The van der Waals surface area contributed by atoms with Crippen LogP contribution in [0.3, 0.4) is 0 Å². The highest BCUT2D eigenvalue weighted by Gasteiger charge is 2.26. The van der Waals surface area contributed by atoms with Crippen LogP contribution in [0, 0.1) is 10.1 Å². The predicted molar refractivity (Wildman–Crippen MR) is 64.9 cm³/mol. The Morgan fingerprint density at radius 3 is 3.00 bits per heavy atom. The van der Waals surface area contributed by atoms with E-state index in [9.17, 15) is 10.1 Å². The van der Waals surface area contributed by atoms with E-state index in [1.54, 1.807) is 18.3 Å². The molecule has 0 fully saturated rings. The molecule has 3 N–H and O–H groups in total. The number of nitrogens with two attached hydrogens (primary N) is 1. The summed E-state index contributed by atoms with van der Waals surface area (Å²) < 4.78 is 4.68. The maximum atomic E-state index is 10.9. The van der Waals surface area contributed by atoms with E-state index in [0.717, 1.165) is 10.9 Å². The van der Waals surface area contributed by atoms with Gasteiger partial charge < -0.3 is 15.2 Å². The van der Waals surface area contributed by atoms with Crippen LogP contribution in [0.4, 0.5) is 11.6 Å². The van der Waals surface area contributed by atoms with Crippen molar-refractivity contribution in [3.63, 3.8) is 0 Å². The second-order valence-corrected chi connectivity index (χ2v) is 3.78. The fourth-order valence-corrected chi connectivity index (χ4v) is 1.86. The molecule has 0 atom stereocenters. The molecule has 0 aliphatic rings. The molecule has 0 aliphatic carbocycles. The third-order valence-corrected chi connectivity index (χ3v) is 2.70. The third-order valence-electron chi connectivity index (χ3n) is 2.70. The van der Waals surface area contributed by atoms with Gasteiger partial charge in [0.1, 0.15) is 0 Å². The first-order valence-corrected chi connectivity index (χ1v) is 5.14. The zero-order valence-electron chi connectivity index (χ0n) is 9.08. The Morgan fingerprint density at radius 2 is 2.22 bits per heavy atom. The number of nitro groups is 1. The van der Waals surface area contributed by atoms with Crippen LogP contribution in [0.1, 0.15) is 0 Å². The molecule has 0 amide bonds. The summed E-state index contributed by atoms with van der Waals surface area (Å²) in [5.41, 5.74) is 6.77. The molecular formula is C11H8N4O3. The van der Waals surface area contributed by atoms with Gasteiger partial charge in [-0.05, 0) is 18.2 Å². The molecule has 7 nitrogen and oxygen atoms in total. The van der Waals surface area contributed by atoms with Crippen molar-refractivity contribution in [2.24, 2.45) is 0 Å². The standard InChI is InChI=1S/C11H8N4O3/c12-11-10(15(16)17)9(14-18-11)7-1-2-8-6(5-7)3-4-13-8/h1-5,13H,12H2. The van der Waals surface area contributed by atoms with Crippen LogP contribution in [0.15, 0.2) is 35.0 Å². The van der Waals surface area contributed by atoms with Gasteiger partial charge in [-0.25, -0.2) is 0 Å². The second kappa shape index (κ2) is 3.59. The largest absolute Gasteiger partial charge is 0.362 e. The summed E-state index contributed by atoms with van der Waals surface area (Å²) in [6, 6.07) is 7.20. The number of aromatic nitrogens is 2. The van der Waals surface area contributed by atoms with Crippen molar-refractivity contribution in [2.45, 2.75) is 0 Å². The number of hydrogen-bond acceptors (Lipinski definition) is 5. The van der Waals surface area contributed by atoms with Crippen LogP contribution >= 0.6 is 0 Å². The van der Waals surface area contributed by atoms with E-state index in [2.05, 4.69) is 14.7 Å². The van der Waals surface area contributed by atoms with Gasteiger partial charge in [0.05, 0.1) is 4.92 Å². The van der Waals surface area contributed by atoms with E-state index >= 15 is 0 Å². The number of rotatable bonds is 2. The van der Waals surface area contributed by atoms with Crippen LogP contribution in [0.25, 0.3) is 22.2 Å². The SMILES string of the molecule is Nc1onc(-c2ccc3[nH]ccc3c2)c1[N+](=O)[O-].